The normalized spacial score (nSPS) is 12.8. The van der Waals surface area contributed by atoms with Gasteiger partial charge in [-0.3, -0.25) is 4.79 Å². The van der Waals surface area contributed by atoms with Crippen LogP contribution in [0.3, 0.4) is 0 Å². The molecule has 0 aliphatic carbocycles. The van der Waals surface area contributed by atoms with Crippen molar-refractivity contribution in [1.29, 1.82) is 0 Å². The van der Waals surface area contributed by atoms with Gasteiger partial charge in [0.05, 0.1) is 5.37 Å². The van der Waals surface area contributed by atoms with E-state index in [4.69, 9.17) is 0 Å². The van der Waals surface area contributed by atoms with E-state index in [2.05, 4.69) is 5.32 Å². The van der Waals surface area contributed by atoms with Gasteiger partial charge in [0.1, 0.15) is 0 Å². The van der Waals surface area contributed by atoms with Crippen LogP contribution in [0.1, 0.15) is 13.3 Å². The molecule has 0 spiro atoms. The van der Waals surface area contributed by atoms with E-state index >= 15 is 0 Å². The number of nitrogens with one attached hydrogen (secondary N) is 1. The van der Waals surface area contributed by atoms with Crippen LogP contribution < -0.4 is 5.32 Å². The Bertz CT molecular complexity index is 63.4. The molecule has 48 valence electrons. The molecular formula is C5H11NOS. The van der Waals surface area contributed by atoms with Crippen molar-refractivity contribution in [2.45, 2.75) is 18.7 Å². The number of hydrogen-bond donors (Lipinski definition) is 1. The second kappa shape index (κ2) is 4.97. The second-order valence-electron chi connectivity index (χ2n) is 1.42. The molecule has 0 aliphatic rings. The average molecular weight is 133 g/mol. The van der Waals surface area contributed by atoms with Crippen LogP contribution in [0.15, 0.2) is 0 Å². The molecule has 0 radical (unpaired) electrons. The Balaban J connectivity index is 3.20. The summed E-state index contributed by atoms with van der Waals surface area (Å²) in [5.41, 5.74) is 0. The average Bonchev–Trinajstić information content (AvgIpc) is 1.83. The number of carbonyl (C=O) groups is 1. The van der Waals surface area contributed by atoms with E-state index in [-0.39, 0.29) is 0 Å². The molecule has 3 heteroatoms. The second-order valence-corrected chi connectivity index (χ2v) is 2.46. The largest absolute Gasteiger partial charge is 0.347 e. The van der Waals surface area contributed by atoms with E-state index in [0.29, 0.717) is 5.37 Å². The quantitative estimate of drug-likeness (QED) is 0.454. The maximum absolute atomic E-state index is 9.81. The molecule has 8 heavy (non-hydrogen) atoms. The minimum Gasteiger partial charge on any atom is -0.347 e. The van der Waals surface area contributed by atoms with Gasteiger partial charge in [-0.25, -0.2) is 0 Å². The number of amides is 1. The zero-order valence-electron chi connectivity index (χ0n) is 5.18. The van der Waals surface area contributed by atoms with Gasteiger partial charge in [0.15, 0.2) is 0 Å². The van der Waals surface area contributed by atoms with Gasteiger partial charge < -0.3 is 5.32 Å². The van der Waals surface area contributed by atoms with E-state index in [9.17, 15) is 4.79 Å². The summed E-state index contributed by atoms with van der Waals surface area (Å²) in [6, 6.07) is 0. The molecule has 0 aromatic rings. The zero-order valence-corrected chi connectivity index (χ0v) is 5.99. The summed E-state index contributed by atoms with van der Waals surface area (Å²) in [6.07, 6.45) is 3.70. The van der Waals surface area contributed by atoms with E-state index in [1.807, 2.05) is 13.2 Å². The third-order valence-corrected chi connectivity index (χ3v) is 1.95. The van der Waals surface area contributed by atoms with Crippen LogP contribution in [0.2, 0.25) is 0 Å². The molecule has 2 nitrogen and oxygen atoms in total. The lowest BCUT2D eigenvalue weighted by atomic mass is 10.5. The lowest BCUT2D eigenvalue weighted by molar-refractivity contribution is -0.109. The Kier molecular flexibility index (Phi) is 4.85. The predicted octanol–water partition coefficient (Wildman–Crippen LogP) is 0.831. The van der Waals surface area contributed by atoms with Crippen molar-refractivity contribution in [3.63, 3.8) is 0 Å². The molecule has 0 saturated heterocycles. The fourth-order valence-electron chi connectivity index (χ4n) is 0.428. The van der Waals surface area contributed by atoms with Crippen molar-refractivity contribution in [3.8, 4) is 0 Å². The number of carbonyl (C=O) groups excluding carboxylic acids is 1. The van der Waals surface area contributed by atoms with Gasteiger partial charge in [-0.1, -0.05) is 6.92 Å². The predicted molar refractivity (Wildman–Crippen MR) is 36.8 cm³/mol. The van der Waals surface area contributed by atoms with Gasteiger partial charge in [-0.15, -0.1) is 11.8 Å². The summed E-state index contributed by atoms with van der Waals surface area (Å²) in [4.78, 5) is 9.81. The van der Waals surface area contributed by atoms with Gasteiger partial charge in [-0.2, -0.15) is 0 Å². The summed E-state index contributed by atoms with van der Waals surface area (Å²) in [6.45, 7) is 2.04. The third-order valence-electron chi connectivity index (χ3n) is 0.909. The van der Waals surface area contributed by atoms with Crippen molar-refractivity contribution in [1.82, 2.24) is 5.32 Å². The number of hydrogen-bond acceptors (Lipinski definition) is 2. The monoisotopic (exact) mass is 133 g/mol. The number of thioether (sulfide) groups is 1. The molecule has 0 saturated carbocycles. The van der Waals surface area contributed by atoms with Crippen molar-refractivity contribution in [3.05, 3.63) is 0 Å². The zero-order chi connectivity index (χ0) is 6.41. The van der Waals surface area contributed by atoms with Gasteiger partial charge in [-0.05, 0) is 12.7 Å². The fraction of sp³-hybridized carbons (Fsp3) is 0.800. The van der Waals surface area contributed by atoms with E-state index in [0.717, 1.165) is 12.8 Å². The highest BCUT2D eigenvalue weighted by atomic mass is 32.2. The van der Waals surface area contributed by atoms with Gasteiger partial charge >= 0.3 is 0 Å². The highest BCUT2D eigenvalue weighted by molar-refractivity contribution is 7.99. The maximum Gasteiger partial charge on any atom is 0.207 e. The van der Waals surface area contributed by atoms with Crippen LogP contribution in [-0.4, -0.2) is 18.0 Å². The topological polar surface area (TPSA) is 29.1 Å². The maximum atomic E-state index is 9.81. The van der Waals surface area contributed by atoms with Crippen LogP contribution in [0.5, 0.6) is 0 Å². The molecule has 0 fully saturated rings. The Morgan fingerprint density at radius 1 is 1.88 bits per heavy atom. The molecule has 1 N–H and O–H groups in total. The molecule has 1 atom stereocenters. The van der Waals surface area contributed by atoms with E-state index in [1.165, 1.54) is 0 Å². The first-order valence-corrected chi connectivity index (χ1v) is 3.86. The number of rotatable bonds is 4. The first-order chi connectivity index (χ1) is 3.85. The van der Waals surface area contributed by atoms with Crippen LogP contribution in [0, 0.1) is 0 Å². The molecule has 0 aromatic heterocycles. The van der Waals surface area contributed by atoms with Crippen molar-refractivity contribution in [2.75, 3.05) is 6.26 Å². The third kappa shape index (κ3) is 2.91. The molecular weight excluding hydrogens is 122 g/mol. The highest BCUT2D eigenvalue weighted by Crippen LogP contribution is 2.04. The van der Waals surface area contributed by atoms with Gasteiger partial charge in [0.2, 0.25) is 6.41 Å². The molecule has 0 rings (SSSR count). The smallest absolute Gasteiger partial charge is 0.207 e. The summed E-state index contributed by atoms with van der Waals surface area (Å²) in [7, 11) is 0. The summed E-state index contributed by atoms with van der Waals surface area (Å²) >= 11 is 1.65. The molecule has 1 unspecified atom stereocenters. The standard InChI is InChI=1S/C5H11NOS/c1-3-5(8-2)6-4-7/h4-5H,3H2,1-2H3,(H,6,7). The first kappa shape index (κ1) is 7.82. The van der Waals surface area contributed by atoms with Crippen LogP contribution in [0.25, 0.3) is 0 Å². The minimum absolute atomic E-state index is 0.299. The Morgan fingerprint density at radius 2 is 2.50 bits per heavy atom. The van der Waals surface area contributed by atoms with Gasteiger partial charge in [0, 0.05) is 0 Å². The van der Waals surface area contributed by atoms with Crippen LogP contribution >= 0.6 is 11.8 Å². The Labute approximate surface area is 54.0 Å². The van der Waals surface area contributed by atoms with Crippen molar-refractivity contribution in [2.24, 2.45) is 0 Å². The van der Waals surface area contributed by atoms with Crippen molar-refractivity contribution >= 4 is 18.2 Å². The summed E-state index contributed by atoms with van der Waals surface area (Å²) in [5, 5.41) is 2.96. The highest BCUT2D eigenvalue weighted by Gasteiger charge is 1.97. The minimum atomic E-state index is 0.299. The lowest BCUT2D eigenvalue weighted by Crippen LogP contribution is -2.22. The SMILES string of the molecule is CCC(NC=O)SC. The van der Waals surface area contributed by atoms with Crippen LogP contribution in [0.4, 0.5) is 0 Å². The summed E-state index contributed by atoms with van der Waals surface area (Å²) in [5.74, 6) is 0. The van der Waals surface area contributed by atoms with Crippen LogP contribution in [-0.2, 0) is 4.79 Å². The van der Waals surface area contributed by atoms with E-state index in [1.54, 1.807) is 11.8 Å². The molecule has 0 bridgehead atoms. The van der Waals surface area contributed by atoms with Crippen molar-refractivity contribution < 1.29 is 4.79 Å². The Hall–Kier alpha value is -0.180. The summed E-state index contributed by atoms with van der Waals surface area (Å²) < 4.78 is 0. The fourth-order valence-corrected chi connectivity index (χ4v) is 0.953. The lowest BCUT2D eigenvalue weighted by Gasteiger charge is -2.07. The first-order valence-electron chi connectivity index (χ1n) is 2.57. The Morgan fingerprint density at radius 3 is 2.62 bits per heavy atom. The molecule has 1 amide bonds. The molecule has 0 heterocycles. The molecule has 0 aromatic carbocycles. The van der Waals surface area contributed by atoms with E-state index < -0.39 is 0 Å². The molecule has 0 aliphatic heterocycles. The van der Waals surface area contributed by atoms with Gasteiger partial charge in [0.25, 0.3) is 0 Å².